The van der Waals surface area contributed by atoms with Gasteiger partial charge in [0.1, 0.15) is 5.82 Å². The molecule has 1 aliphatic carbocycles. The van der Waals surface area contributed by atoms with Gasteiger partial charge in [-0.25, -0.2) is 4.39 Å². The van der Waals surface area contributed by atoms with E-state index in [0.717, 1.165) is 10.4 Å². The highest BCUT2D eigenvalue weighted by Crippen LogP contribution is 2.32. The molecule has 2 N–H and O–H groups in total. The highest BCUT2D eigenvalue weighted by Gasteiger charge is 2.28. The molecule has 0 aromatic heterocycles. The van der Waals surface area contributed by atoms with Gasteiger partial charge in [-0.05, 0) is 37.9 Å². The number of hydrogen-bond donors (Lipinski definition) is 1. The minimum atomic E-state index is -0.175. The Kier molecular flexibility index (Phi) is 5.58. The van der Waals surface area contributed by atoms with Crippen LogP contribution in [0, 0.1) is 11.7 Å². The van der Waals surface area contributed by atoms with Gasteiger partial charge in [-0.15, -0.1) is 0 Å². The molecule has 112 valence electrons. The van der Waals surface area contributed by atoms with Gasteiger partial charge < -0.3 is 5.73 Å². The number of nitrogens with zero attached hydrogens (tertiary/aromatic N) is 1. The van der Waals surface area contributed by atoms with Crippen molar-refractivity contribution in [3.05, 3.63) is 34.1 Å². The zero-order valence-electron chi connectivity index (χ0n) is 12.3. The predicted molar refractivity (Wildman–Crippen MR) is 85.1 cm³/mol. The lowest BCUT2D eigenvalue weighted by Crippen LogP contribution is -2.41. The molecule has 2 nitrogen and oxygen atoms in total. The highest BCUT2D eigenvalue weighted by molar-refractivity contribution is 9.10. The molecule has 4 heteroatoms. The summed E-state index contributed by atoms with van der Waals surface area (Å²) in [5.74, 6) is 0.579. The Morgan fingerprint density at radius 2 is 2.20 bits per heavy atom. The molecular weight excluding hydrogens is 319 g/mol. The topological polar surface area (TPSA) is 29.3 Å². The molecular formula is C16H24BrFN2. The molecule has 20 heavy (non-hydrogen) atoms. The third kappa shape index (κ3) is 3.60. The van der Waals surface area contributed by atoms with Crippen molar-refractivity contribution in [1.29, 1.82) is 0 Å². The van der Waals surface area contributed by atoms with Crippen LogP contribution in [0.1, 0.15) is 44.2 Å². The fourth-order valence-electron chi connectivity index (χ4n) is 3.31. The van der Waals surface area contributed by atoms with Crippen LogP contribution in [-0.2, 0) is 0 Å². The molecule has 0 radical (unpaired) electrons. The predicted octanol–water partition coefficient (Wildman–Crippen LogP) is 4.10. The van der Waals surface area contributed by atoms with E-state index in [0.29, 0.717) is 18.2 Å². The molecule has 1 aromatic carbocycles. The van der Waals surface area contributed by atoms with Gasteiger partial charge in [-0.2, -0.15) is 0 Å². The Labute approximate surface area is 129 Å². The normalized spacial score (nSPS) is 24.9. The zero-order chi connectivity index (χ0) is 14.7. The molecule has 0 bridgehead atoms. The summed E-state index contributed by atoms with van der Waals surface area (Å²) in [6.45, 7) is 2.75. The quantitative estimate of drug-likeness (QED) is 0.892. The molecule has 3 atom stereocenters. The van der Waals surface area contributed by atoms with Gasteiger partial charge in [0, 0.05) is 28.7 Å². The highest BCUT2D eigenvalue weighted by atomic mass is 79.9. The summed E-state index contributed by atoms with van der Waals surface area (Å²) >= 11 is 3.30. The number of hydrogen-bond acceptors (Lipinski definition) is 2. The van der Waals surface area contributed by atoms with Crippen LogP contribution < -0.4 is 5.73 Å². The molecule has 0 saturated heterocycles. The van der Waals surface area contributed by atoms with Crippen LogP contribution in [0.5, 0.6) is 0 Å². The minimum Gasteiger partial charge on any atom is -0.329 e. The lowest BCUT2D eigenvalue weighted by molar-refractivity contribution is 0.119. The fraction of sp³-hybridized carbons (Fsp3) is 0.625. The smallest absolute Gasteiger partial charge is 0.129 e. The van der Waals surface area contributed by atoms with E-state index >= 15 is 0 Å². The van der Waals surface area contributed by atoms with Gasteiger partial charge in [0.25, 0.3) is 0 Å². The maximum Gasteiger partial charge on any atom is 0.129 e. The van der Waals surface area contributed by atoms with Gasteiger partial charge >= 0.3 is 0 Å². The van der Waals surface area contributed by atoms with E-state index in [1.54, 1.807) is 0 Å². The van der Waals surface area contributed by atoms with Crippen molar-refractivity contribution in [2.75, 3.05) is 13.6 Å². The Hall–Kier alpha value is -0.450. The number of nitrogens with two attached hydrogens (primary N) is 1. The molecule has 0 aliphatic heterocycles. The van der Waals surface area contributed by atoms with E-state index in [1.807, 2.05) is 12.1 Å². The Balaban J connectivity index is 2.18. The van der Waals surface area contributed by atoms with Crippen molar-refractivity contribution in [2.45, 2.75) is 44.7 Å². The van der Waals surface area contributed by atoms with Crippen LogP contribution in [0.4, 0.5) is 4.39 Å². The van der Waals surface area contributed by atoms with E-state index in [9.17, 15) is 4.39 Å². The van der Waals surface area contributed by atoms with E-state index < -0.39 is 0 Å². The Bertz CT molecular complexity index is 452. The second kappa shape index (κ2) is 7.01. The number of halogens is 2. The second-order valence-corrected chi connectivity index (χ2v) is 6.92. The molecule has 3 unspecified atom stereocenters. The van der Waals surface area contributed by atoms with Gasteiger partial charge in [0.2, 0.25) is 0 Å². The van der Waals surface area contributed by atoms with Crippen LogP contribution in [0.3, 0.4) is 0 Å². The Morgan fingerprint density at radius 1 is 1.45 bits per heavy atom. The third-order valence-electron chi connectivity index (χ3n) is 4.52. The largest absolute Gasteiger partial charge is 0.329 e. The average molecular weight is 343 g/mol. The first-order valence-corrected chi connectivity index (χ1v) is 8.19. The zero-order valence-corrected chi connectivity index (χ0v) is 13.9. The van der Waals surface area contributed by atoms with Crippen LogP contribution in [0.15, 0.2) is 22.7 Å². The maximum absolute atomic E-state index is 14.2. The standard InChI is InChI=1S/C16H24BrFN2/c1-11-4-3-5-13(8-11)20(2)16(10-19)14-7-6-12(17)9-15(14)18/h6-7,9,11,13,16H,3-5,8,10,19H2,1-2H3. The molecule has 0 amide bonds. The first-order chi connectivity index (χ1) is 9.52. The maximum atomic E-state index is 14.2. The second-order valence-electron chi connectivity index (χ2n) is 6.01. The van der Waals surface area contributed by atoms with Gasteiger partial charge in [0.15, 0.2) is 0 Å². The van der Waals surface area contributed by atoms with Crippen LogP contribution in [0.2, 0.25) is 0 Å². The fourth-order valence-corrected chi connectivity index (χ4v) is 3.64. The summed E-state index contributed by atoms with van der Waals surface area (Å²) in [6, 6.07) is 5.72. The molecule has 0 heterocycles. The number of likely N-dealkylation sites (N-methyl/N-ethyl adjacent to an activating group) is 1. The molecule has 0 spiro atoms. The summed E-state index contributed by atoms with van der Waals surface area (Å²) in [6.07, 6.45) is 4.95. The van der Waals surface area contributed by atoms with E-state index in [1.165, 1.54) is 31.7 Å². The van der Waals surface area contributed by atoms with E-state index in [4.69, 9.17) is 5.73 Å². The summed E-state index contributed by atoms with van der Waals surface area (Å²) < 4.78 is 14.9. The molecule has 1 saturated carbocycles. The lowest BCUT2D eigenvalue weighted by atomic mass is 9.85. The summed E-state index contributed by atoms with van der Waals surface area (Å²) in [7, 11) is 2.09. The van der Waals surface area contributed by atoms with Crippen LogP contribution >= 0.6 is 15.9 Å². The van der Waals surface area contributed by atoms with Crippen molar-refractivity contribution >= 4 is 15.9 Å². The SMILES string of the molecule is CC1CCCC(N(C)C(CN)c2ccc(Br)cc2F)C1. The summed E-state index contributed by atoms with van der Waals surface area (Å²) in [5.41, 5.74) is 6.64. The molecule has 2 rings (SSSR count). The number of rotatable bonds is 4. The van der Waals surface area contributed by atoms with Crippen molar-refractivity contribution < 1.29 is 4.39 Å². The van der Waals surface area contributed by atoms with Crippen molar-refractivity contribution in [1.82, 2.24) is 4.90 Å². The van der Waals surface area contributed by atoms with Crippen LogP contribution in [-0.4, -0.2) is 24.5 Å². The van der Waals surface area contributed by atoms with Crippen molar-refractivity contribution in [3.8, 4) is 0 Å². The van der Waals surface area contributed by atoms with E-state index in [-0.39, 0.29) is 11.9 Å². The van der Waals surface area contributed by atoms with Gasteiger partial charge in [-0.3, -0.25) is 4.90 Å². The third-order valence-corrected chi connectivity index (χ3v) is 5.01. The van der Waals surface area contributed by atoms with Gasteiger partial charge in [0.05, 0.1) is 0 Å². The Morgan fingerprint density at radius 3 is 2.80 bits per heavy atom. The molecule has 1 fully saturated rings. The van der Waals surface area contributed by atoms with Crippen molar-refractivity contribution in [2.24, 2.45) is 11.7 Å². The average Bonchev–Trinajstić information content (AvgIpc) is 2.41. The lowest BCUT2D eigenvalue weighted by Gasteiger charge is -2.39. The minimum absolute atomic E-state index is 0.0431. The van der Waals surface area contributed by atoms with Gasteiger partial charge in [-0.1, -0.05) is 41.8 Å². The number of benzene rings is 1. The molecule has 1 aliphatic rings. The summed E-state index contributed by atoms with van der Waals surface area (Å²) in [5, 5.41) is 0. The van der Waals surface area contributed by atoms with Crippen LogP contribution in [0.25, 0.3) is 0 Å². The first kappa shape index (κ1) is 15.9. The monoisotopic (exact) mass is 342 g/mol. The first-order valence-electron chi connectivity index (χ1n) is 7.40. The van der Waals surface area contributed by atoms with Crippen molar-refractivity contribution in [3.63, 3.8) is 0 Å². The van der Waals surface area contributed by atoms with E-state index in [2.05, 4.69) is 34.8 Å². The molecule has 1 aromatic rings. The summed E-state index contributed by atoms with van der Waals surface area (Å²) in [4.78, 5) is 2.28.